The van der Waals surface area contributed by atoms with E-state index in [4.69, 9.17) is 11.6 Å². The van der Waals surface area contributed by atoms with E-state index in [0.29, 0.717) is 6.04 Å². The van der Waals surface area contributed by atoms with E-state index in [1.165, 1.54) is 5.56 Å². The molecule has 0 aliphatic rings. The van der Waals surface area contributed by atoms with Crippen LogP contribution in [0.3, 0.4) is 0 Å². The lowest BCUT2D eigenvalue weighted by Crippen LogP contribution is -2.34. The second kappa shape index (κ2) is 8.54. The molecule has 4 heteroatoms. The van der Waals surface area contributed by atoms with Crippen LogP contribution in [0.5, 0.6) is 0 Å². The number of nitrogens with one attached hydrogen (secondary N) is 1. The van der Waals surface area contributed by atoms with Crippen molar-refractivity contribution in [3.63, 3.8) is 0 Å². The van der Waals surface area contributed by atoms with Gasteiger partial charge in [-0.3, -0.25) is 4.90 Å². The molecule has 0 spiro atoms. The van der Waals surface area contributed by atoms with Crippen molar-refractivity contribution in [2.45, 2.75) is 13.0 Å². The predicted molar refractivity (Wildman–Crippen MR) is 83.9 cm³/mol. The normalized spacial score (nSPS) is 13.2. The minimum Gasteiger partial charge on any atom is -0.314 e. The van der Waals surface area contributed by atoms with Crippen molar-refractivity contribution in [3.05, 3.63) is 34.9 Å². The average Bonchev–Trinajstić information content (AvgIpc) is 2.37. The molecule has 0 heterocycles. The molecule has 0 saturated heterocycles. The van der Waals surface area contributed by atoms with E-state index in [1.807, 2.05) is 18.2 Å². The van der Waals surface area contributed by atoms with Gasteiger partial charge in [-0.1, -0.05) is 29.8 Å². The van der Waals surface area contributed by atoms with Gasteiger partial charge in [-0.15, -0.1) is 0 Å². The van der Waals surface area contributed by atoms with E-state index >= 15 is 0 Å². The molecular formula is C15H26ClN3. The van der Waals surface area contributed by atoms with Gasteiger partial charge in [0.05, 0.1) is 0 Å². The summed E-state index contributed by atoms with van der Waals surface area (Å²) in [6, 6.07) is 8.41. The van der Waals surface area contributed by atoms with Crippen LogP contribution in [0.15, 0.2) is 24.3 Å². The van der Waals surface area contributed by atoms with Crippen molar-refractivity contribution in [2.24, 2.45) is 0 Å². The molecule has 0 aliphatic heterocycles. The van der Waals surface area contributed by atoms with E-state index in [0.717, 1.165) is 31.2 Å². The summed E-state index contributed by atoms with van der Waals surface area (Å²) in [6.07, 6.45) is 0. The monoisotopic (exact) mass is 283 g/mol. The zero-order valence-electron chi connectivity index (χ0n) is 12.5. The molecule has 1 aromatic rings. The number of rotatable bonds is 8. The molecule has 1 atom stereocenters. The van der Waals surface area contributed by atoms with Gasteiger partial charge in [-0.25, -0.2) is 0 Å². The van der Waals surface area contributed by atoms with E-state index in [2.05, 4.69) is 49.2 Å². The molecule has 3 nitrogen and oxygen atoms in total. The quantitative estimate of drug-likeness (QED) is 0.740. The number of nitrogens with zero attached hydrogens (tertiary/aromatic N) is 2. The number of hydrogen-bond acceptors (Lipinski definition) is 3. The van der Waals surface area contributed by atoms with Gasteiger partial charge >= 0.3 is 0 Å². The Hall–Kier alpha value is -0.610. The van der Waals surface area contributed by atoms with Gasteiger partial charge in [0, 0.05) is 37.2 Å². The molecule has 0 fully saturated rings. The summed E-state index contributed by atoms with van der Waals surface area (Å²) in [5.41, 5.74) is 1.19. The van der Waals surface area contributed by atoms with Crippen LogP contribution in [0, 0.1) is 0 Å². The molecule has 1 aromatic carbocycles. The lowest BCUT2D eigenvalue weighted by Gasteiger charge is -2.26. The third-order valence-corrected chi connectivity index (χ3v) is 3.74. The van der Waals surface area contributed by atoms with Crippen molar-refractivity contribution in [2.75, 3.05) is 47.3 Å². The van der Waals surface area contributed by atoms with Crippen LogP contribution < -0.4 is 5.32 Å². The first-order valence-electron chi connectivity index (χ1n) is 6.82. The second-order valence-corrected chi connectivity index (χ2v) is 5.64. The van der Waals surface area contributed by atoms with Gasteiger partial charge in [-0.05, 0) is 39.7 Å². The SMILES string of the molecule is CC(c1ccccc1Cl)N(C)CCNCCN(C)C. The van der Waals surface area contributed by atoms with Crippen LogP contribution in [-0.4, -0.2) is 57.1 Å². The third-order valence-electron chi connectivity index (χ3n) is 3.39. The first-order valence-corrected chi connectivity index (χ1v) is 7.20. The number of halogens is 1. The van der Waals surface area contributed by atoms with E-state index in [-0.39, 0.29) is 0 Å². The zero-order valence-corrected chi connectivity index (χ0v) is 13.2. The Bertz CT molecular complexity index is 368. The maximum atomic E-state index is 6.23. The lowest BCUT2D eigenvalue weighted by atomic mass is 10.1. The Balaban J connectivity index is 2.33. The Kier molecular flexibility index (Phi) is 7.39. The van der Waals surface area contributed by atoms with Crippen LogP contribution in [0.1, 0.15) is 18.5 Å². The maximum absolute atomic E-state index is 6.23. The molecule has 108 valence electrons. The van der Waals surface area contributed by atoms with Crippen molar-refractivity contribution < 1.29 is 0 Å². The lowest BCUT2D eigenvalue weighted by molar-refractivity contribution is 0.259. The first-order chi connectivity index (χ1) is 9.02. The molecule has 0 radical (unpaired) electrons. The highest BCUT2D eigenvalue weighted by molar-refractivity contribution is 6.31. The third kappa shape index (κ3) is 5.91. The molecule has 0 amide bonds. The molecule has 0 aromatic heterocycles. The molecule has 1 N–H and O–H groups in total. The van der Waals surface area contributed by atoms with Crippen LogP contribution in [0.2, 0.25) is 5.02 Å². The summed E-state index contributed by atoms with van der Waals surface area (Å²) < 4.78 is 0. The van der Waals surface area contributed by atoms with Gasteiger partial charge in [-0.2, -0.15) is 0 Å². The van der Waals surface area contributed by atoms with E-state index in [9.17, 15) is 0 Å². The minimum atomic E-state index is 0.337. The summed E-state index contributed by atoms with van der Waals surface area (Å²) in [5, 5.41) is 4.30. The van der Waals surface area contributed by atoms with Gasteiger partial charge in [0.2, 0.25) is 0 Å². The van der Waals surface area contributed by atoms with Crippen LogP contribution >= 0.6 is 11.6 Å². The first kappa shape index (κ1) is 16.4. The van der Waals surface area contributed by atoms with Crippen molar-refractivity contribution >= 4 is 11.6 Å². The highest BCUT2D eigenvalue weighted by Crippen LogP contribution is 2.25. The summed E-state index contributed by atoms with van der Waals surface area (Å²) in [5.74, 6) is 0. The number of hydrogen-bond donors (Lipinski definition) is 1. The summed E-state index contributed by atoms with van der Waals surface area (Å²) in [6.45, 7) is 6.31. The average molecular weight is 284 g/mol. The Labute approximate surface area is 122 Å². The summed E-state index contributed by atoms with van der Waals surface area (Å²) >= 11 is 6.23. The largest absolute Gasteiger partial charge is 0.314 e. The topological polar surface area (TPSA) is 18.5 Å². The summed E-state index contributed by atoms with van der Waals surface area (Å²) in [4.78, 5) is 4.51. The molecule has 1 unspecified atom stereocenters. The van der Waals surface area contributed by atoms with E-state index in [1.54, 1.807) is 0 Å². The molecule has 0 aliphatic carbocycles. The Morgan fingerprint density at radius 3 is 2.37 bits per heavy atom. The fourth-order valence-electron chi connectivity index (χ4n) is 1.93. The zero-order chi connectivity index (χ0) is 14.3. The smallest absolute Gasteiger partial charge is 0.0453 e. The fraction of sp³-hybridized carbons (Fsp3) is 0.600. The highest BCUT2D eigenvalue weighted by atomic mass is 35.5. The Morgan fingerprint density at radius 2 is 1.74 bits per heavy atom. The van der Waals surface area contributed by atoms with Crippen LogP contribution in [0.4, 0.5) is 0 Å². The minimum absolute atomic E-state index is 0.337. The predicted octanol–water partition coefficient (Wildman–Crippen LogP) is 2.48. The van der Waals surface area contributed by atoms with Crippen LogP contribution in [0.25, 0.3) is 0 Å². The van der Waals surface area contributed by atoms with Crippen molar-refractivity contribution in [1.29, 1.82) is 0 Å². The highest BCUT2D eigenvalue weighted by Gasteiger charge is 2.13. The van der Waals surface area contributed by atoms with Crippen molar-refractivity contribution in [1.82, 2.24) is 15.1 Å². The molecule has 0 bridgehead atoms. The van der Waals surface area contributed by atoms with E-state index < -0.39 is 0 Å². The molecular weight excluding hydrogens is 258 g/mol. The fourth-order valence-corrected chi connectivity index (χ4v) is 2.22. The maximum Gasteiger partial charge on any atom is 0.0453 e. The summed E-state index contributed by atoms with van der Waals surface area (Å²) in [7, 11) is 6.32. The number of benzene rings is 1. The van der Waals surface area contributed by atoms with Gasteiger partial charge in [0.1, 0.15) is 0 Å². The standard InChI is InChI=1S/C15H26ClN3/c1-13(14-7-5-6-8-15(14)16)19(4)12-10-17-9-11-18(2)3/h5-8,13,17H,9-12H2,1-4H3. The number of likely N-dealkylation sites (N-methyl/N-ethyl adjacent to an activating group) is 2. The molecule has 0 saturated carbocycles. The van der Waals surface area contributed by atoms with Gasteiger partial charge < -0.3 is 10.2 Å². The van der Waals surface area contributed by atoms with Gasteiger partial charge in [0.15, 0.2) is 0 Å². The van der Waals surface area contributed by atoms with Crippen molar-refractivity contribution in [3.8, 4) is 0 Å². The molecule has 1 rings (SSSR count). The molecule has 19 heavy (non-hydrogen) atoms. The Morgan fingerprint density at radius 1 is 1.11 bits per heavy atom. The van der Waals surface area contributed by atoms with Gasteiger partial charge in [0.25, 0.3) is 0 Å². The van der Waals surface area contributed by atoms with Crippen LogP contribution in [-0.2, 0) is 0 Å². The second-order valence-electron chi connectivity index (χ2n) is 5.23.